The fourth-order valence-electron chi connectivity index (χ4n) is 1.51. The van der Waals surface area contributed by atoms with Gasteiger partial charge in [-0.15, -0.1) is 0 Å². The van der Waals surface area contributed by atoms with E-state index in [1.807, 2.05) is 0 Å². The lowest BCUT2D eigenvalue weighted by Gasteiger charge is -2.10. The molecule has 0 amide bonds. The summed E-state index contributed by atoms with van der Waals surface area (Å²) in [4.78, 5) is 0. The van der Waals surface area contributed by atoms with Crippen molar-refractivity contribution in [2.24, 2.45) is 5.73 Å². The van der Waals surface area contributed by atoms with Gasteiger partial charge in [0.15, 0.2) is 5.76 Å². The summed E-state index contributed by atoms with van der Waals surface area (Å²) in [7, 11) is 0. The molecule has 1 aromatic carbocycles. The maximum absolute atomic E-state index is 12.9. The molecule has 7 heteroatoms. The summed E-state index contributed by atoms with van der Waals surface area (Å²) in [6.45, 7) is 0.0234. The van der Waals surface area contributed by atoms with E-state index in [1.54, 1.807) is 0 Å². The van der Waals surface area contributed by atoms with Crippen molar-refractivity contribution >= 4 is 0 Å². The molecular formula is C11H8F4N2O. The van der Waals surface area contributed by atoms with Crippen LogP contribution in [-0.2, 0) is 12.7 Å². The number of alkyl halides is 3. The molecule has 96 valence electrons. The van der Waals surface area contributed by atoms with Gasteiger partial charge in [0.25, 0.3) is 0 Å². The van der Waals surface area contributed by atoms with Gasteiger partial charge < -0.3 is 10.3 Å². The Morgan fingerprint density at radius 2 is 1.94 bits per heavy atom. The number of benzene rings is 1. The number of rotatable bonds is 2. The van der Waals surface area contributed by atoms with Crippen LogP contribution in [0.5, 0.6) is 0 Å². The zero-order valence-electron chi connectivity index (χ0n) is 8.96. The Kier molecular flexibility index (Phi) is 3.08. The summed E-state index contributed by atoms with van der Waals surface area (Å²) < 4.78 is 55.9. The molecule has 2 N–H and O–H groups in total. The van der Waals surface area contributed by atoms with Gasteiger partial charge in [-0.25, -0.2) is 4.39 Å². The van der Waals surface area contributed by atoms with Gasteiger partial charge in [0.2, 0.25) is 0 Å². The molecule has 0 spiro atoms. The highest BCUT2D eigenvalue weighted by molar-refractivity contribution is 5.64. The van der Waals surface area contributed by atoms with Crippen LogP contribution < -0.4 is 5.73 Å². The zero-order valence-corrected chi connectivity index (χ0v) is 8.96. The first-order valence-corrected chi connectivity index (χ1v) is 4.94. The number of aromatic nitrogens is 1. The van der Waals surface area contributed by atoms with Gasteiger partial charge in [-0.1, -0.05) is 5.16 Å². The van der Waals surface area contributed by atoms with Crippen LogP contribution in [0.15, 0.2) is 28.8 Å². The molecule has 2 rings (SSSR count). The second kappa shape index (κ2) is 4.41. The van der Waals surface area contributed by atoms with Crippen LogP contribution in [0.3, 0.4) is 0 Å². The quantitative estimate of drug-likeness (QED) is 0.844. The normalized spacial score (nSPS) is 11.8. The first kappa shape index (κ1) is 12.6. The summed E-state index contributed by atoms with van der Waals surface area (Å²) >= 11 is 0. The minimum atomic E-state index is -4.67. The molecule has 0 aliphatic heterocycles. The molecule has 0 bridgehead atoms. The summed E-state index contributed by atoms with van der Waals surface area (Å²) in [6, 6.07) is 3.66. The maximum atomic E-state index is 12.9. The van der Waals surface area contributed by atoms with E-state index in [-0.39, 0.29) is 23.6 Å². The molecular weight excluding hydrogens is 252 g/mol. The Labute approximate surface area is 99.2 Å². The second-order valence-electron chi connectivity index (χ2n) is 3.57. The van der Waals surface area contributed by atoms with Crippen LogP contribution in [0.2, 0.25) is 0 Å². The predicted molar refractivity (Wildman–Crippen MR) is 54.8 cm³/mol. The molecule has 0 saturated heterocycles. The van der Waals surface area contributed by atoms with Gasteiger partial charge in [-0.3, -0.25) is 0 Å². The summed E-state index contributed by atoms with van der Waals surface area (Å²) in [5.74, 6) is -0.712. The fourth-order valence-corrected chi connectivity index (χ4v) is 1.51. The van der Waals surface area contributed by atoms with Gasteiger partial charge in [0, 0.05) is 11.6 Å². The van der Waals surface area contributed by atoms with E-state index in [1.165, 1.54) is 6.07 Å². The van der Waals surface area contributed by atoms with Gasteiger partial charge in [0.1, 0.15) is 11.5 Å². The minimum Gasteiger partial charge on any atom is -0.359 e. The van der Waals surface area contributed by atoms with Crippen molar-refractivity contribution in [3.8, 4) is 11.3 Å². The highest BCUT2D eigenvalue weighted by atomic mass is 19.4. The standard InChI is InChI=1S/C11H8F4N2O/c12-6-1-2-8(9(3-6)11(13,14)15)10-4-7(5-16)18-17-10/h1-4H,5,16H2. The number of halogens is 4. The SMILES string of the molecule is NCc1cc(-c2ccc(F)cc2C(F)(F)F)no1. The first-order valence-electron chi connectivity index (χ1n) is 4.94. The Morgan fingerprint density at radius 1 is 1.22 bits per heavy atom. The molecule has 18 heavy (non-hydrogen) atoms. The molecule has 1 heterocycles. The zero-order chi connectivity index (χ0) is 13.3. The number of hydrogen-bond acceptors (Lipinski definition) is 3. The summed E-state index contributed by atoms with van der Waals surface area (Å²) in [5, 5.41) is 3.48. The molecule has 0 unspecified atom stereocenters. The third kappa shape index (κ3) is 2.35. The molecule has 0 atom stereocenters. The molecule has 0 aliphatic rings. The Bertz CT molecular complexity index is 562. The minimum absolute atomic E-state index is 0.0234. The van der Waals surface area contributed by atoms with Crippen LogP contribution in [0.4, 0.5) is 17.6 Å². The van der Waals surface area contributed by atoms with E-state index in [2.05, 4.69) is 5.16 Å². The summed E-state index contributed by atoms with van der Waals surface area (Å²) in [6.07, 6.45) is -4.67. The van der Waals surface area contributed by atoms with E-state index < -0.39 is 17.6 Å². The van der Waals surface area contributed by atoms with E-state index in [9.17, 15) is 17.6 Å². The third-order valence-electron chi connectivity index (χ3n) is 2.32. The number of nitrogens with two attached hydrogens (primary N) is 1. The smallest absolute Gasteiger partial charge is 0.359 e. The molecule has 1 aromatic heterocycles. The molecule has 0 radical (unpaired) electrons. The molecule has 0 saturated carbocycles. The number of hydrogen-bond donors (Lipinski definition) is 1. The molecule has 3 nitrogen and oxygen atoms in total. The highest BCUT2D eigenvalue weighted by Gasteiger charge is 2.34. The van der Waals surface area contributed by atoms with Crippen LogP contribution in [0.1, 0.15) is 11.3 Å². The lowest BCUT2D eigenvalue weighted by atomic mass is 10.0. The molecule has 0 aliphatic carbocycles. The van der Waals surface area contributed by atoms with Crippen LogP contribution in [0, 0.1) is 5.82 Å². The van der Waals surface area contributed by atoms with Crippen molar-refractivity contribution in [1.29, 1.82) is 0 Å². The van der Waals surface area contributed by atoms with Gasteiger partial charge in [-0.2, -0.15) is 13.2 Å². The van der Waals surface area contributed by atoms with Crippen molar-refractivity contribution < 1.29 is 22.1 Å². The van der Waals surface area contributed by atoms with Crippen LogP contribution in [0.25, 0.3) is 11.3 Å². The Morgan fingerprint density at radius 3 is 2.50 bits per heavy atom. The largest absolute Gasteiger partial charge is 0.417 e. The Hall–Kier alpha value is -1.89. The molecule has 0 fully saturated rings. The second-order valence-corrected chi connectivity index (χ2v) is 3.57. The average molecular weight is 260 g/mol. The van der Waals surface area contributed by atoms with Crippen molar-refractivity contribution in [2.45, 2.75) is 12.7 Å². The van der Waals surface area contributed by atoms with Crippen LogP contribution >= 0.6 is 0 Å². The highest BCUT2D eigenvalue weighted by Crippen LogP contribution is 2.37. The van der Waals surface area contributed by atoms with Crippen molar-refractivity contribution in [3.63, 3.8) is 0 Å². The van der Waals surface area contributed by atoms with E-state index in [0.717, 1.165) is 12.1 Å². The Balaban J connectivity index is 2.56. The van der Waals surface area contributed by atoms with Gasteiger partial charge in [-0.05, 0) is 18.2 Å². The van der Waals surface area contributed by atoms with E-state index in [0.29, 0.717) is 6.07 Å². The maximum Gasteiger partial charge on any atom is 0.417 e. The lowest BCUT2D eigenvalue weighted by Crippen LogP contribution is -2.07. The molecule has 2 aromatic rings. The summed E-state index contributed by atoms with van der Waals surface area (Å²) in [5.41, 5.74) is 3.91. The monoisotopic (exact) mass is 260 g/mol. The van der Waals surface area contributed by atoms with E-state index in [4.69, 9.17) is 10.3 Å². The third-order valence-corrected chi connectivity index (χ3v) is 2.32. The van der Waals surface area contributed by atoms with Crippen molar-refractivity contribution in [3.05, 3.63) is 41.4 Å². The van der Waals surface area contributed by atoms with Gasteiger partial charge in [0.05, 0.1) is 12.1 Å². The first-order chi connectivity index (χ1) is 8.41. The van der Waals surface area contributed by atoms with Crippen molar-refractivity contribution in [1.82, 2.24) is 5.16 Å². The van der Waals surface area contributed by atoms with E-state index >= 15 is 0 Å². The van der Waals surface area contributed by atoms with Crippen molar-refractivity contribution in [2.75, 3.05) is 0 Å². The van der Waals surface area contributed by atoms with Crippen LogP contribution in [-0.4, -0.2) is 5.16 Å². The predicted octanol–water partition coefficient (Wildman–Crippen LogP) is 2.96. The fraction of sp³-hybridized carbons (Fsp3) is 0.182. The topological polar surface area (TPSA) is 52.0 Å². The average Bonchev–Trinajstić information content (AvgIpc) is 2.76. The number of nitrogens with zero attached hydrogens (tertiary/aromatic N) is 1. The lowest BCUT2D eigenvalue weighted by molar-refractivity contribution is -0.137. The van der Waals surface area contributed by atoms with Gasteiger partial charge >= 0.3 is 6.18 Å².